The van der Waals surface area contributed by atoms with Crippen molar-refractivity contribution in [2.24, 2.45) is 7.05 Å². The summed E-state index contributed by atoms with van der Waals surface area (Å²) in [5.74, 6) is 0.819. The van der Waals surface area contributed by atoms with Crippen LogP contribution in [-0.2, 0) is 13.6 Å². The van der Waals surface area contributed by atoms with Crippen LogP contribution in [0.4, 0.5) is 5.69 Å². The summed E-state index contributed by atoms with van der Waals surface area (Å²) < 4.78 is 1.72. The van der Waals surface area contributed by atoms with Crippen LogP contribution in [0.1, 0.15) is 24.4 Å². The van der Waals surface area contributed by atoms with Crippen LogP contribution in [0, 0.1) is 0 Å². The van der Waals surface area contributed by atoms with E-state index in [2.05, 4.69) is 51.5 Å². The van der Waals surface area contributed by atoms with Crippen molar-refractivity contribution in [3.8, 4) is 0 Å². The molecule has 2 aromatic rings. The molecule has 0 radical (unpaired) electrons. The summed E-state index contributed by atoms with van der Waals surface area (Å²) in [5.41, 5.74) is 2.48. The summed E-state index contributed by atoms with van der Waals surface area (Å²) in [6.45, 7) is 2.82. The van der Waals surface area contributed by atoms with Crippen molar-refractivity contribution >= 4 is 5.69 Å². The Hall–Kier alpha value is -1.88. The summed E-state index contributed by atoms with van der Waals surface area (Å²) in [6.07, 6.45) is 1.72. The van der Waals surface area contributed by atoms with E-state index in [1.54, 1.807) is 11.0 Å². The number of aryl methyl sites for hydroxylation is 1. The molecule has 1 N–H and O–H groups in total. The molecular formula is C14H21N5. The second-order valence-corrected chi connectivity index (χ2v) is 4.92. The molecule has 0 fully saturated rings. The van der Waals surface area contributed by atoms with Crippen molar-refractivity contribution in [3.05, 3.63) is 42.0 Å². The Kier molecular flexibility index (Phi) is 4.16. The molecule has 1 aromatic carbocycles. The van der Waals surface area contributed by atoms with E-state index >= 15 is 0 Å². The number of hydrogen-bond donors (Lipinski definition) is 1. The van der Waals surface area contributed by atoms with Crippen molar-refractivity contribution in [3.63, 3.8) is 0 Å². The van der Waals surface area contributed by atoms with E-state index in [1.165, 1.54) is 11.3 Å². The number of benzene rings is 1. The van der Waals surface area contributed by atoms with Gasteiger partial charge in [-0.2, -0.15) is 5.10 Å². The van der Waals surface area contributed by atoms with Crippen molar-refractivity contribution in [1.82, 2.24) is 20.1 Å². The summed E-state index contributed by atoms with van der Waals surface area (Å²) in [4.78, 5) is 6.30. The molecule has 1 heterocycles. The van der Waals surface area contributed by atoms with Gasteiger partial charge in [0.25, 0.3) is 0 Å². The fraction of sp³-hybridized carbons (Fsp3) is 0.429. The van der Waals surface area contributed by atoms with Crippen molar-refractivity contribution in [1.29, 1.82) is 0 Å². The SMILES string of the molecule is CC(NCc1ncn(C)n1)c1ccc(N(C)C)cc1. The quantitative estimate of drug-likeness (QED) is 0.888. The molecule has 0 aliphatic heterocycles. The van der Waals surface area contributed by atoms with Gasteiger partial charge in [-0.3, -0.25) is 4.68 Å². The van der Waals surface area contributed by atoms with Gasteiger partial charge in [-0.15, -0.1) is 0 Å². The molecule has 2 rings (SSSR count). The molecule has 1 aromatic heterocycles. The number of nitrogens with zero attached hydrogens (tertiary/aromatic N) is 4. The first-order valence-corrected chi connectivity index (χ1v) is 6.41. The molecule has 0 saturated heterocycles. The van der Waals surface area contributed by atoms with Crippen molar-refractivity contribution < 1.29 is 0 Å². The molecule has 0 bridgehead atoms. The van der Waals surface area contributed by atoms with Crippen LogP contribution >= 0.6 is 0 Å². The zero-order chi connectivity index (χ0) is 13.8. The van der Waals surface area contributed by atoms with Gasteiger partial charge in [-0.1, -0.05) is 12.1 Å². The first-order chi connectivity index (χ1) is 9.06. The molecule has 0 aliphatic rings. The predicted octanol–water partition coefficient (Wildman–Crippen LogP) is 1.73. The van der Waals surface area contributed by atoms with E-state index in [-0.39, 0.29) is 6.04 Å². The fourth-order valence-corrected chi connectivity index (χ4v) is 1.89. The highest BCUT2D eigenvalue weighted by atomic mass is 15.3. The van der Waals surface area contributed by atoms with Gasteiger partial charge in [0.05, 0.1) is 6.54 Å². The normalized spacial score (nSPS) is 12.4. The Morgan fingerprint density at radius 3 is 2.47 bits per heavy atom. The summed E-state index contributed by atoms with van der Waals surface area (Å²) in [5, 5.41) is 7.68. The van der Waals surface area contributed by atoms with Gasteiger partial charge < -0.3 is 10.2 Å². The smallest absolute Gasteiger partial charge is 0.164 e. The second-order valence-electron chi connectivity index (χ2n) is 4.92. The Morgan fingerprint density at radius 1 is 1.26 bits per heavy atom. The third-order valence-corrected chi connectivity index (χ3v) is 3.12. The van der Waals surface area contributed by atoms with Crippen molar-refractivity contribution in [2.45, 2.75) is 19.5 Å². The Balaban J connectivity index is 1.94. The van der Waals surface area contributed by atoms with Crippen LogP contribution < -0.4 is 10.2 Å². The molecule has 5 heteroatoms. The molecule has 102 valence electrons. The van der Waals surface area contributed by atoms with Gasteiger partial charge >= 0.3 is 0 Å². The van der Waals surface area contributed by atoms with E-state index in [0.29, 0.717) is 6.54 Å². The predicted molar refractivity (Wildman–Crippen MR) is 77.0 cm³/mol. The summed E-state index contributed by atoms with van der Waals surface area (Å²) in [6, 6.07) is 8.84. The minimum Gasteiger partial charge on any atom is -0.378 e. The second kappa shape index (κ2) is 5.84. The lowest BCUT2D eigenvalue weighted by molar-refractivity contribution is 0.556. The van der Waals surface area contributed by atoms with E-state index in [1.807, 2.05) is 21.1 Å². The van der Waals surface area contributed by atoms with E-state index in [0.717, 1.165) is 5.82 Å². The first kappa shape index (κ1) is 13.5. The molecule has 19 heavy (non-hydrogen) atoms. The van der Waals surface area contributed by atoms with Crippen LogP contribution in [-0.4, -0.2) is 28.9 Å². The molecule has 0 amide bonds. The molecule has 5 nitrogen and oxygen atoms in total. The van der Waals surface area contributed by atoms with Gasteiger partial charge in [-0.05, 0) is 24.6 Å². The van der Waals surface area contributed by atoms with E-state index < -0.39 is 0 Å². The van der Waals surface area contributed by atoms with Gasteiger partial charge in [0.15, 0.2) is 5.82 Å². The molecule has 1 unspecified atom stereocenters. The zero-order valence-corrected chi connectivity index (χ0v) is 12.0. The minimum atomic E-state index is 0.278. The van der Waals surface area contributed by atoms with Gasteiger partial charge in [-0.25, -0.2) is 4.98 Å². The monoisotopic (exact) mass is 259 g/mol. The number of nitrogens with one attached hydrogen (secondary N) is 1. The highest BCUT2D eigenvalue weighted by Crippen LogP contribution is 2.17. The first-order valence-electron chi connectivity index (χ1n) is 6.41. The highest BCUT2D eigenvalue weighted by molar-refractivity contribution is 5.46. The van der Waals surface area contributed by atoms with Crippen LogP contribution in [0.2, 0.25) is 0 Å². The molecule has 1 atom stereocenters. The maximum absolute atomic E-state index is 4.25. The minimum absolute atomic E-state index is 0.278. The lowest BCUT2D eigenvalue weighted by Crippen LogP contribution is -2.19. The summed E-state index contributed by atoms with van der Waals surface area (Å²) >= 11 is 0. The average Bonchev–Trinajstić information content (AvgIpc) is 2.82. The van der Waals surface area contributed by atoms with E-state index in [4.69, 9.17) is 0 Å². The standard InChI is InChI=1S/C14H21N5/c1-11(15-9-14-16-10-19(4)17-14)12-5-7-13(8-6-12)18(2)3/h5-8,10-11,15H,9H2,1-4H3. The van der Waals surface area contributed by atoms with Crippen LogP contribution in [0.5, 0.6) is 0 Å². The van der Waals surface area contributed by atoms with Crippen molar-refractivity contribution in [2.75, 3.05) is 19.0 Å². The zero-order valence-electron chi connectivity index (χ0n) is 12.0. The molecule has 0 aliphatic carbocycles. The Labute approximate surface area is 114 Å². The third-order valence-electron chi connectivity index (χ3n) is 3.12. The number of aromatic nitrogens is 3. The van der Waals surface area contributed by atoms with Gasteiger partial charge in [0.1, 0.15) is 6.33 Å². The van der Waals surface area contributed by atoms with Gasteiger partial charge in [0, 0.05) is 32.9 Å². The maximum Gasteiger partial charge on any atom is 0.164 e. The van der Waals surface area contributed by atoms with Crippen LogP contribution in [0.3, 0.4) is 0 Å². The number of hydrogen-bond acceptors (Lipinski definition) is 4. The number of anilines is 1. The van der Waals surface area contributed by atoms with Crippen LogP contribution in [0.25, 0.3) is 0 Å². The fourth-order valence-electron chi connectivity index (χ4n) is 1.89. The highest BCUT2D eigenvalue weighted by Gasteiger charge is 2.07. The largest absolute Gasteiger partial charge is 0.378 e. The van der Waals surface area contributed by atoms with E-state index in [9.17, 15) is 0 Å². The van der Waals surface area contributed by atoms with Gasteiger partial charge in [0.2, 0.25) is 0 Å². The molecule has 0 saturated carbocycles. The van der Waals surface area contributed by atoms with Crippen LogP contribution in [0.15, 0.2) is 30.6 Å². The third kappa shape index (κ3) is 3.54. The topological polar surface area (TPSA) is 46.0 Å². The molecular weight excluding hydrogens is 238 g/mol. The lowest BCUT2D eigenvalue weighted by atomic mass is 10.1. The Morgan fingerprint density at radius 2 is 1.95 bits per heavy atom. The maximum atomic E-state index is 4.25. The molecule has 0 spiro atoms. The Bertz CT molecular complexity index is 515. The lowest BCUT2D eigenvalue weighted by Gasteiger charge is -2.16. The number of rotatable bonds is 5. The average molecular weight is 259 g/mol. The summed E-state index contributed by atoms with van der Waals surface area (Å²) in [7, 11) is 5.97.